The number of oxazole rings is 1. The monoisotopic (exact) mass is 222 g/mol. The Hall–Kier alpha value is -1.75. The van der Waals surface area contributed by atoms with Gasteiger partial charge in [0.1, 0.15) is 6.73 Å². The molecule has 5 heteroatoms. The van der Waals surface area contributed by atoms with Gasteiger partial charge in [0.2, 0.25) is 0 Å². The summed E-state index contributed by atoms with van der Waals surface area (Å²) in [6, 6.07) is 5.59. The Labute approximate surface area is 92.8 Å². The van der Waals surface area contributed by atoms with Gasteiger partial charge < -0.3 is 14.1 Å². The Bertz CT molecular complexity index is 556. The normalized spacial score (nSPS) is 10.9. The third-order valence-electron chi connectivity index (χ3n) is 2.54. The zero-order valence-electron chi connectivity index (χ0n) is 9.56. The lowest BCUT2D eigenvalue weighted by molar-refractivity contribution is 0.202. The van der Waals surface area contributed by atoms with Gasteiger partial charge in [0.15, 0.2) is 5.58 Å². The first kappa shape index (κ1) is 10.8. The molecular weight excluding hydrogens is 208 g/mol. The van der Waals surface area contributed by atoms with E-state index in [1.807, 2.05) is 24.1 Å². The van der Waals surface area contributed by atoms with Crippen molar-refractivity contribution in [1.29, 1.82) is 0 Å². The lowest BCUT2D eigenvalue weighted by Crippen LogP contribution is -2.19. The van der Waals surface area contributed by atoms with Crippen LogP contribution in [0.5, 0.6) is 0 Å². The summed E-state index contributed by atoms with van der Waals surface area (Å²) in [6.45, 7) is 0.497. The molecule has 0 fully saturated rings. The van der Waals surface area contributed by atoms with Crippen LogP contribution in [0.25, 0.3) is 11.1 Å². The van der Waals surface area contributed by atoms with Crippen LogP contribution in [0.3, 0.4) is 0 Å². The fourth-order valence-electron chi connectivity index (χ4n) is 1.62. The molecule has 1 heterocycles. The summed E-state index contributed by atoms with van der Waals surface area (Å²) in [5.41, 5.74) is 2.36. The minimum absolute atomic E-state index is 0.346. The van der Waals surface area contributed by atoms with E-state index in [1.165, 1.54) is 4.57 Å². The van der Waals surface area contributed by atoms with Crippen molar-refractivity contribution in [1.82, 2.24) is 4.57 Å². The molecule has 0 saturated carbocycles. The number of ether oxygens (including phenoxy) is 1. The molecule has 2 rings (SSSR count). The standard InChI is InChI=1S/C11H14N2O3/c1-12(7-15-3)8-4-5-10-9(6-8)13(2)11(14)16-10/h4-6H,7H2,1-3H3. The molecule has 0 bridgehead atoms. The first-order valence-corrected chi connectivity index (χ1v) is 4.93. The van der Waals surface area contributed by atoms with E-state index in [-0.39, 0.29) is 5.76 Å². The highest BCUT2D eigenvalue weighted by Crippen LogP contribution is 2.20. The van der Waals surface area contributed by atoms with Crippen LogP contribution >= 0.6 is 0 Å². The van der Waals surface area contributed by atoms with E-state index < -0.39 is 0 Å². The number of benzene rings is 1. The summed E-state index contributed by atoms with van der Waals surface area (Å²) < 4.78 is 11.6. The third-order valence-corrected chi connectivity index (χ3v) is 2.54. The largest absolute Gasteiger partial charge is 0.419 e. The lowest BCUT2D eigenvalue weighted by Gasteiger charge is -2.17. The summed E-state index contributed by atoms with van der Waals surface area (Å²) in [5.74, 6) is -0.346. The molecular formula is C11H14N2O3. The van der Waals surface area contributed by atoms with Gasteiger partial charge in [0.05, 0.1) is 5.52 Å². The number of aromatic nitrogens is 1. The number of anilines is 1. The molecule has 16 heavy (non-hydrogen) atoms. The van der Waals surface area contributed by atoms with Crippen molar-refractivity contribution in [2.45, 2.75) is 0 Å². The summed E-state index contributed by atoms with van der Waals surface area (Å²) in [6.07, 6.45) is 0. The minimum Gasteiger partial charge on any atom is -0.408 e. The smallest absolute Gasteiger partial charge is 0.408 e. The topological polar surface area (TPSA) is 47.6 Å². The molecule has 1 aromatic heterocycles. The van der Waals surface area contributed by atoms with Gasteiger partial charge in [-0.1, -0.05) is 0 Å². The Morgan fingerprint density at radius 1 is 1.50 bits per heavy atom. The molecule has 0 N–H and O–H groups in total. The maximum atomic E-state index is 11.3. The van der Waals surface area contributed by atoms with Crippen molar-refractivity contribution >= 4 is 16.8 Å². The maximum Gasteiger partial charge on any atom is 0.419 e. The highest BCUT2D eigenvalue weighted by Gasteiger charge is 2.08. The van der Waals surface area contributed by atoms with Crippen molar-refractivity contribution in [3.05, 3.63) is 28.7 Å². The number of aryl methyl sites for hydroxylation is 1. The summed E-state index contributed by atoms with van der Waals surface area (Å²) >= 11 is 0. The first-order chi connectivity index (χ1) is 7.63. The van der Waals surface area contributed by atoms with E-state index in [0.717, 1.165) is 11.2 Å². The molecule has 0 amide bonds. The van der Waals surface area contributed by atoms with Gasteiger partial charge in [-0.2, -0.15) is 0 Å². The highest BCUT2D eigenvalue weighted by molar-refractivity contribution is 5.77. The van der Waals surface area contributed by atoms with Crippen molar-refractivity contribution in [2.75, 3.05) is 25.8 Å². The number of nitrogens with zero attached hydrogens (tertiary/aromatic N) is 2. The predicted octanol–water partition coefficient (Wildman–Crippen LogP) is 1.17. The van der Waals surface area contributed by atoms with Gasteiger partial charge in [-0.25, -0.2) is 4.79 Å². The first-order valence-electron chi connectivity index (χ1n) is 4.93. The van der Waals surface area contributed by atoms with E-state index in [1.54, 1.807) is 20.2 Å². The highest BCUT2D eigenvalue weighted by atomic mass is 16.5. The van der Waals surface area contributed by atoms with Gasteiger partial charge in [0, 0.05) is 26.9 Å². The quantitative estimate of drug-likeness (QED) is 0.731. The fraction of sp³-hybridized carbons (Fsp3) is 0.364. The van der Waals surface area contributed by atoms with E-state index in [0.29, 0.717) is 12.3 Å². The van der Waals surface area contributed by atoms with Crippen molar-refractivity contribution in [3.63, 3.8) is 0 Å². The number of hydrogen-bond donors (Lipinski definition) is 0. The molecule has 2 aromatic rings. The van der Waals surface area contributed by atoms with Crippen LogP contribution in [0.15, 0.2) is 27.4 Å². The molecule has 0 radical (unpaired) electrons. The number of fused-ring (bicyclic) bond motifs is 1. The van der Waals surface area contributed by atoms with E-state index >= 15 is 0 Å². The fourth-order valence-corrected chi connectivity index (χ4v) is 1.62. The van der Waals surface area contributed by atoms with Gasteiger partial charge in [0.25, 0.3) is 0 Å². The zero-order valence-corrected chi connectivity index (χ0v) is 9.56. The van der Waals surface area contributed by atoms with E-state index in [2.05, 4.69) is 0 Å². The summed E-state index contributed by atoms with van der Waals surface area (Å²) in [4.78, 5) is 13.2. The average molecular weight is 222 g/mol. The van der Waals surface area contributed by atoms with Gasteiger partial charge in [-0.15, -0.1) is 0 Å². The van der Waals surface area contributed by atoms with Crippen LogP contribution in [0.4, 0.5) is 5.69 Å². The zero-order chi connectivity index (χ0) is 11.7. The van der Waals surface area contributed by atoms with E-state index in [9.17, 15) is 4.79 Å². The molecule has 0 unspecified atom stereocenters. The van der Waals surface area contributed by atoms with Crippen molar-refractivity contribution < 1.29 is 9.15 Å². The second kappa shape index (κ2) is 4.02. The van der Waals surface area contributed by atoms with Crippen LogP contribution < -0.4 is 10.7 Å². The molecule has 86 valence electrons. The number of rotatable bonds is 3. The Morgan fingerprint density at radius 2 is 2.25 bits per heavy atom. The van der Waals surface area contributed by atoms with Crippen LogP contribution in [0.2, 0.25) is 0 Å². The van der Waals surface area contributed by atoms with Crippen molar-refractivity contribution in [3.8, 4) is 0 Å². The Balaban J connectivity index is 2.50. The molecule has 0 spiro atoms. The summed E-state index contributed by atoms with van der Waals surface area (Å²) in [7, 11) is 5.25. The molecule has 5 nitrogen and oxygen atoms in total. The third kappa shape index (κ3) is 1.69. The minimum atomic E-state index is -0.346. The van der Waals surface area contributed by atoms with Crippen LogP contribution in [-0.4, -0.2) is 25.5 Å². The SMILES string of the molecule is COCN(C)c1ccc2oc(=O)n(C)c2c1. The number of methoxy groups -OCH3 is 1. The Morgan fingerprint density at radius 3 is 2.94 bits per heavy atom. The maximum absolute atomic E-state index is 11.3. The van der Waals surface area contributed by atoms with Crippen molar-refractivity contribution in [2.24, 2.45) is 7.05 Å². The van der Waals surface area contributed by atoms with Crippen LogP contribution in [-0.2, 0) is 11.8 Å². The van der Waals surface area contributed by atoms with Gasteiger partial charge in [-0.3, -0.25) is 4.57 Å². The second-order valence-electron chi connectivity index (χ2n) is 3.69. The van der Waals surface area contributed by atoms with Gasteiger partial charge in [-0.05, 0) is 18.2 Å². The lowest BCUT2D eigenvalue weighted by atomic mass is 10.2. The van der Waals surface area contributed by atoms with E-state index in [4.69, 9.17) is 9.15 Å². The summed E-state index contributed by atoms with van der Waals surface area (Å²) in [5, 5.41) is 0. The molecule has 0 aliphatic carbocycles. The molecule has 0 atom stereocenters. The Kier molecular flexibility index (Phi) is 2.70. The molecule has 0 saturated heterocycles. The predicted molar refractivity (Wildman–Crippen MR) is 61.7 cm³/mol. The molecule has 1 aromatic carbocycles. The molecule has 0 aliphatic rings. The van der Waals surface area contributed by atoms with Gasteiger partial charge >= 0.3 is 5.76 Å². The molecule has 0 aliphatic heterocycles. The average Bonchev–Trinajstić information content (AvgIpc) is 2.55. The van der Waals surface area contributed by atoms with Crippen LogP contribution in [0.1, 0.15) is 0 Å². The van der Waals surface area contributed by atoms with Crippen LogP contribution in [0, 0.1) is 0 Å². The second-order valence-corrected chi connectivity index (χ2v) is 3.69. The number of hydrogen-bond acceptors (Lipinski definition) is 4.